The van der Waals surface area contributed by atoms with Crippen LogP contribution < -0.4 is 0 Å². The molecule has 5 heteroatoms. The van der Waals surface area contributed by atoms with Gasteiger partial charge in [-0.1, -0.05) is 24.3 Å². The van der Waals surface area contributed by atoms with Gasteiger partial charge in [0, 0.05) is 6.61 Å². The Labute approximate surface area is 103 Å². The van der Waals surface area contributed by atoms with Crippen molar-refractivity contribution < 1.29 is 17.7 Å². The van der Waals surface area contributed by atoms with Crippen LogP contribution in [0.25, 0.3) is 0 Å². The van der Waals surface area contributed by atoms with E-state index in [0.29, 0.717) is 0 Å². The van der Waals surface area contributed by atoms with Gasteiger partial charge in [-0.05, 0) is 30.4 Å². The fourth-order valence-corrected chi connectivity index (χ4v) is 2.18. The first kappa shape index (κ1) is 12.7. The summed E-state index contributed by atoms with van der Waals surface area (Å²) in [5.41, 5.74) is 1.99. The first-order chi connectivity index (χ1) is 8.25. The van der Waals surface area contributed by atoms with Crippen LogP contribution >= 0.6 is 0 Å². The zero-order valence-electron chi connectivity index (χ0n) is 9.46. The van der Waals surface area contributed by atoms with Gasteiger partial charge in [-0.25, -0.2) is 4.21 Å². The number of hydrogen-bond donors (Lipinski definition) is 0. The second kappa shape index (κ2) is 6.26. The number of hydrogen-bond acceptors (Lipinski definition) is 4. The lowest BCUT2D eigenvalue weighted by Crippen LogP contribution is -2.11. The molecule has 0 saturated carbocycles. The van der Waals surface area contributed by atoms with Gasteiger partial charge in [0.15, 0.2) is 0 Å². The van der Waals surface area contributed by atoms with E-state index in [4.69, 9.17) is 4.74 Å². The smallest absolute Gasteiger partial charge is 0.0879 e. The third kappa shape index (κ3) is 3.89. The SMILES string of the molecule is O=S([O-])OCc1ccc(C2CCCCO2)cc1. The Bertz CT molecular complexity index is 371. The summed E-state index contributed by atoms with van der Waals surface area (Å²) in [6, 6.07) is 7.70. The summed E-state index contributed by atoms with van der Waals surface area (Å²) in [6.07, 6.45) is 3.58. The summed E-state index contributed by atoms with van der Waals surface area (Å²) in [4.78, 5) is 0. The van der Waals surface area contributed by atoms with E-state index in [0.717, 1.165) is 30.6 Å². The largest absolute Gasteiger partial charge is 0.750 e. The van der Waals surface area contributed by atoms with Crippen LogP contribution in [0.5, 0.6) is 0 Å². The van der Waals surface area contributed by atoms with Gasteiger partial charge >= 0.3 is 0 Å². The highest BCUT2D eigenvalue weighted by molar-refractivity contribution is 7.74. The van der Waals surface area contributed by atoms with Gasteiger partial charge in [-0.15, -0.1) is 0 Å². The molecule has 1 saturated heterocycles. The zero-order chi connectivity index (χ0) is 12.1. The van der Waals surface area contributed by atoms with E-state index < -0.39 is 11.4 Å². The Morgan fingerprint density at radius 1 is 1.35 bits per heavy atom. The maximum absolute atomic E-state index is 10.2. The summed E-state index contributed by atoms with van der Waals surface area (Å²) in [5, 5.41) is 0. The van der Waals surface area contributed by atoms with Crippen molar-refractivity contribution >= 4 is 11.4 Å². The highest BCUT2D eigenvalue weighted by Gasteiger charge is 2.15. The molecular weight excluding hydrogens is 240 g/mol. The van der Waals surface area contributed by atoms with Crippen LogP contribution in [0.15, 0.2) is 24.3 Å². The molecule has 0 spiro atoms. The Hall–Kier alpha value is -0.750. The molecule has 1 fully saturated rings. The van der Waals surface area contributed by atoms with Gasteiger partial charge in [0.2, 0.25) is 0 Å². The number of rotatable bonds is 4. The maximum Gasteiger partial charge on any atom is 0.0879 e. The summed E-state index contributed by atoms with van der Waals surface area (Å²) >= 11 is -2.45. The summed E-state index contributed by atoms with van der Waals surface area (Å²) in [5.74, 6) is 0. The average molecular weight is 255 g/mol. The molecule has 17 heavy (non-hydrogen) atoms. The van der Waals surface area contributed by atoms with Gasteiger partial charge in [0.05, 0.1) is 24.1 Å². The van der Waals surface area contributed by atoms with Crippen molar-refractivity contribution in [3.63, 3.8) is 0 Å². The molecule has 4 nitrogen and oxygen atoms in total. The van der Waals surface area contributed by atoms with E-state index in [2.05, 4.69) is 4.18 Å². The highest BCUT2D eigenvalue weighted by Crippen LogP contribution is 2.27. The Kier molecular flexibility index (Phi) is 4.67. The van der Waals surface area contributed by atoms with Gasteiger partial charge in [-0.2, -0.15) is 0 Å². The highest BCUT2D eigenvalue weighted by atomic mass is 32.2. The maximum atomic E-state index is 10.2. The molecule has 2 unspecified atom stereocenters. The lowest BCUT2D eigenvalue weighted by molar-refractivity contribution is 0.0149. The molecule has 0 aromatic heterocycles. The van der Waals surface area contributed by atoms with Crippen LogP contribution in [-0.2, 0) is 26.9 Å². The van der Waals surface area contributed by atoms with Gasteiger partial charge in [0.1, 0.15) is 0 Å². The molecule has 94 valence electrons. The molecular formula is C12H15O4S-. The minimum absolute atomic E-state index is 0.0852. The first-order valence-electron chi connectivity index (χ1n) is 5.68. The molecule has 0 bridgehead atoms. The molecule has 1 aliphatic heterocycles. The van der Waals surface area contributed by atoms with Crippen LogP contribution in [0.1, 0.15) is 36.5 Å². The topological polar surface area (TPSA) is 58.6 Å². The minimum Gasteiger partial charge on any atom is -0.750 e. The van der Waals surface area contributed by atoms with E-state index >= 15 is 0 Å². The fourth-order valence-electron chi connectivity index (χ4n) is 1.95. The molecule has 1 heterocycles. The fraction of sp³-hybridized carbons (Fsp3) is 0.500. The third-order valence-electron chi connectivity index (χ3n) is 2.85. The Morgan fingerprint density at radius 3 is 2.71 bits per heavy atom. The zero-order valence-corrected chi connectivity index (χ0v) is 10.3. The van der Waals surface area contributed by atoms with Crippen molar-refractivity contribution in [1.29, 1.82) is 0 Å². The monoisotopic (exact) mass is 255 g/mol. The third-order valence-corrected chi connectivity index (χ3v) is 3.16. The molecule has 1 aromatic carbocycles. The average Bonchev–Trinajstić information content (AvgIpc) is 2.38. The Balaban J connectivity index is 1.94. The van der Waals surface area contributed by atoms with Crippen LogP contribution in [0.2, 0.25) is 0 Å². The molecule has 0 aliphatic carbocycles. The molecule has 0 N–H and O–H groups in total. The minimum atomic E-state index is -2.45. The normalized spacial score (nSPS) is 22.3. The molecule has 1 aliphatic rings. The lowest BCUT2D eigenvalue weighted by Gasteiger charge is -2.23. The van der Waals surface area contributed by atoms with Gasteiger partial charge < -0.3 is 9.29 Å². The van der Waals surface area contributed by atoms with E-state index in [-0.39, 0.29) is 12.7 Å². The molecule has 2 atom stereocenters. The van der Waals surface area contributed by atoms with E-state index in [1.165, 1.54) is 6.42 Å². The number of benzene rings is 1. The van der Waals surface area contributed by atoms with Crippen molar-refractivity contribution in [2.45, 2.75) is 32.0 Å². The Morgan fingerprint density at radius 2 is 2.12 bits per heavy atom. The van der Waals surface area contributed by atoms with Crippen LogP contribution in [0, 0.1) is 0 Å². The van der Waals surface area contributed by atoms with Crippen molar-refractivity contribution in [1.82, 2.24) is 0 Å². The van der Waals surface area contributed by atoms with Crippen molar-refractivity contribution in [3.05, 3.63) is 35.4 Å². The molecule has 2 rings (SSSR count). The van der Waals surface area contributed by atoms with Crippen molar-refractivity contribution in [3.8, 4) is 0 Å². The van der Waals surface area contributed by atoms with Crippen molar-refractivity contribution in [2.24, 2.45) is 0 Å². The summed E-state index contributed by atoms with van der Waals surface area (Å²) in [7, 11) is 0. The predicted molar refractivity (Wildman–Crippen MR) is 62.7 cm³/mol. The number of ether oxygens (including phenoxy) is 1. The summed E-state index contributed by atoms with van der Waals surface area (Å²) < 4.78 is 30.7. The van der Waals surface area contributed by atoms with Gasteiger partial charge in [0.25, 0.3) is 0 Å². The van der Waals surface area contributed by atoms with E-state index in [1.54, 1.807) is 0 Å². The second-order valence-electron chi connectivity index (χ2n) is 4.06. The molecule has 0 amide bonds. The van der Waals surface area contributed by atoms with Crippen LogP contribution in [0.4, 0.5) is 0 Å². The van der Waals surface area contributed by atoms with Gasteiger partial charge in [-0.3, -0.25) is 4.18 Å². The quantitative estimate of drug-likeness (QED) is 0.774. The summed E-state index contributed by atoms with van der Waals surface area (Å²) in [6.45, 7) is 0.909. The molecule has 0 radical (unpaired) electrons. The predicted octanol–water partition coefficient (Wildman–Crippen LogP) is 2.24. The van der Waals surface area contributed by atoms with Crippen LogP contribution in [-0.4, -0.2) is 15.4 Å². The van der Waals surface area contributed by atoms with Crippen molar-refractivity contribution in [2.75, 3.05) is 6.61 Å². The van der Waals surface area contributed by atoms with E-state index in [9.17, 15) is 8.76 Å². The first-order valence-corrected chi connectivity index (χ1v) is 6.68. The lowest BCUT2D eigenvalue weighted by atomic mass is 10.0. The second-order valence-corrected chi connectivity index (χ2v) is 4.71. The molecule has 1 aromatic rings. The standard InChI is InChI=1S/C12H16O4S/c13-17(14)16-9-10-4-6-11(7-5-10)12-3-1-2-8-15-12/h4-7,12H,1-3,8-9H2,(H,13,14)/p-1. The van der Waals surface area contributed by atoms with E-state index in [1.807, 2.05) is 24.3 Å². The van der Waals surface area contributed by atoms with Crippen LogP contribution in [0.3, 0.4) is 0 Å².